The van der Waals surface area contributed by atoms with Gasteiger partial charge in [0.1, 0.15) is 13.2 Å². The molecule has 2 atom stereocenters. The van der Waals surface area contributed by atoms with Crippen molar-refractivity contribution in [2.45, 2.75) is 59.5 Å². The van der Waals surface area contributed by atoms with Crippen molar-refractivity contribution in [1.29, 1.82) is 0 Å². The van der Waals surface area contributed by atoms with Gasteiger partial charge in [0.15, 0.2) is 0 Å². The van der Waals surface area contributed by atoms with Crippen LogP contribution in [0.2, 0.25) is 0 Å². The van der Waals surface area contributed by atoms with E-state index in [0.29, 0.717) is 35.6 Å². The number of benzene rings is 2. The Morgan fingerprint density at radius 2 is 1.13 bits per heavy atom. The fourth-order valence-corrected chi connectivity index (χ4v) is 5.00. The molecule has 39 heavy (non-hydrogen) atoms. The number of ether oxygens (including phenoxy) is 2. The number of allylic oxidation sites excluding steroid dienone is 2. The maximum absolute atomic E-state index is 13.0. The van der Waals surface area contributed by atoms with Crippen LogP contribution in [-0.4, -0.2) is 50.3 Å². The molecule has 0 saturated carbocycles. The van der Waals surface area contributed by atoms with E-state index >= 15 is 0 Å². The standard InChI is InChI=1S/C32H43N3O4/c1-22(20-27-12-8-6-9-13-27)33-16-18-38-31(36)29-24(3)30(26(5)35-25(29)4)32(37)39-19-17-34-23(2)21-28-14-10-7-11-15-28/h6-15,22-24,33-35H,16-21H2,1-5H3. The molecule has 0 aromatic heterocycles. The zero-order valence-electron chi connectivity index (χ0n) is 23.9. The molecule has 0 amide bonds. The van der Waals surface area contributed by atoms with Crippen LogP contribution in [0.15, 0.2) is 83.2 Å². The highest BCUT2D eigenvalue weighted by atomic mass is 16.5. The van der Waals surface area contributed by atoms with E-state index in [2.05, 4.69) is 54.1 Å². The predicted molar refractivity (Wildman–Crippen MR) is 155 cm³/mol. The Bertz CT molecular complexity index is 1060. The number of rotatable bonds is 14. The van der Waals surface area contributed by atoms with Gasteiger partial charge in [-0.1, -0.05) is 67.6 Å². The second-order valence-corrected chi connectivity index (χ2v) is 10.3. The van der Waals surface area contributed by atoms with Crippen molar-refractivity contribution in [3.63, 3.8) is 0 Å². The molecule has 2 aromatic carbocycles. The van der Waals surface area contributed by atoms with Crippen LogP contribution in [0.5, 0.6) is 0 Å². The highest BCUT2D eigenvalue weighted by Crippen LogP contribution is 2.30. The SMILES string of the molecule is CC1=C(C(=O)OCCNC(C)Cc2ccccc2)C(C)C(C(=O)OCCNC(C)Cc2ccccc2)=C(C)N1. The van der Waals surface area contributed by atoms with E-state index in [-0.39, 0.29) is 25.3 Å². The van der Waals surface area contributed by atoms with Crippen LogP contribution >= 0.6 is 0 Å². The smallest absolute Gasteiger partial charge is 0.336 e. The van der Waals surface area contributed by atoms with Gasteiger partial charge < -0.3 is 25.4 Å². The third kappa shape index (κ3) is 9.37. The predicted octanol–water partition coefficient (Wildman–Crippen LogP) is 4.30. The van der Waals surface area contributed by atoms with E-state index in [1.165, 1.54) is 11.1 Å². The van der Waals surface area contributed by atoms with Gasteiger partial charge in [0.2, 0.25) is 0 Å². The second-order valence-electron chi connectivity index (χ2n) is 10.3. The van der Waals surface area contributed by atoms with Crippen LogP contribution in [0.3, 0.4) is 0 Å². The van der Waals surface area contributed by atoms with E-state index in [9.17, 15) is 9.59 Å². The average molecular weight is 534 g/mol. The van der Waals surface area contributed by atoms with Crippen molar-refractivity contribution in [2.75, 3.05) is 26.3 Å². The summed E-state index contributed by atoms with van der Waals surface area (Å²) in [5.41, 5.74) is 4.83. The summed E-state index contributed by atoms with van der Waals surface area (Å²) in [6, 6.07) is 21.1. The molecule has 1 heterocycles. The van der Waals surface area contributed by atoms with E-state index in [4.69, 9.17) is 9.47 Å². The van der Waals surface area contributed by atoms with Crippen molar-refractivity contribution >= 4 is 11.9 Å². The Balaban J connectivity index is 1.42. The van der Waals surface area contributed by atoms with Gasteiger partial charge in [-0.05, 0) is 51.7 Å². The molecule has 0 bridgehead atoms. The van der Waals surface area contributed by atoms with E-state index in [1.54, 1.807) is 0 Å². The lowest BCUT2D eigenvalue weighted by Crippen LogP contribution is -2.35. The summed E-state index contributed by atoms with van der Waals surface area (Å²) >= 11 is 0. The van der Waals surface area contributed by atoms with Gasteiger partial charge in [-0.2, -0.15) is 0 Å². The molecule has 2 unspecified atom stereocenters. The number of carbonyl (C=O) groups is 2. The number of carbonyl (C=O) groups excluding carboxylic acids is 2. The topological polar surface area (TPSA) is 88.7 Å². The quantitative estimate of drug-likeness (QED) is 0.246. The summed E-state index contributed by atoms with van der Waals surface area (Å²) in [6.07, 6.45) is 1.80. The molecular weight excluding hydrogens is 490 g/mol. The molecule has 1 aliphatic heterocycles. The van der Waals surface area contributed by atoms with E-state index < -0.39 is 17.9 Å². The minimum atomic E-state index is -0.429. The normalized spacial score (nSPS) is 16.9. The molecule has 1 aliphatic rings. The maximum atomic E-state index is 13.0. The molecule has 0 saturated heterocycles. The van der Waals surface area contributed by atoms with Crippen molar-refractivity contribution in [3.8, 4) is 0 Å². The van der Waals surface area contributed by atoms with Gasteiger partial charge in [0.25, 0.3) is 0 Å². The molecule has 0 aliphatic carbocycles. The summed E-state index contributed by atoms with van der Waals surface area (Å²) in [4.78, 5) is 26.0. The molecule has 3 rings (SSSR count). The molecule has 3 N–H and O–H groups in total. The first kappa shape index (κ1) is 30.1. The highest BCUT2D eigenvalue weighted by Gasteiger charge is 2.33. The number of dihydropyridines is 1. The summed E-state index contributed by atoms with van der Waals surface area (Å²) in [6.45, 7) is 11.3. The van der Waals surface area contributed by atoms with Gasteiger partial charge in [-0.15, -0.1) is 0 Å². The number of hydrogen-bond donors (Lipinski definition) is 3. The summed E-state index contributed by atoms with van der Waals surface area (Å²) in [7, 11) is 0. The third-order valence-electron chi connectivity index (χ3n) is 6.91. The van der Waals surface area contributed by atoms with Crippen molar-refractivity contribution < 1.29 is 19.1 Å². The largest absolute Gasteiger partial charge is 0.461 e. The number of esters is 2. The molecule has 0 fully saturated rings. The number of hydrogen-bond acceptors (Lipinski definition) is 7. The molecule has 7 heteroatoms. The van der Waals surface area contributed by atoms with Gasteiger partial charge >= 0.3 is 11.9 Å². The fourth-order valence-electron chi connectivity index (χ4n) is 5.00. The van der Waals surface area contributed by atoms with Crippen molar-refractivity contribution in [2.24, 2.45) is 5.92 Å². The monoisotopic (exact) mass is 533 g/mol. The lowest BCUT2D eigenvalue weighted by atomic mass is 9.87. The Labute approximate surface area is 233 Å². The van der Waals surface area contributed by atoms with Crippen LogP contribution in [0.4, 0.5) is 0 Å². The Kier molecular flexibility index (Phi) is 11.8. The van der Waals surface area contributed by atoms with Gasteiger partial charge in [0, 0.05) is 42.5 Å². The van der Waals surface area contributed by atoms with Gasteiger partial charge in [-0.3, -0.25) is 0 Å². The Morgan fingerprint density at radius 1 is 0.744 bits per heavy atom. The fraction of sp³-hybridized carbons (Fsp3) is 0.438. The molecular formula is C32H43N3O4. The molecule has 7 nitrogen and oxygen atoms in total. The van der Waals surface area contributed by atoms with Crippen LogP contribution in [0, 0.1) is 5.92 Å². The summed E-state index contributed by atoms with van der Waals surface area (Å²) in [5, 5.41) is 9.96. The Morgan fingerprint density at radius 3 is 1.51 bits per heavy atom. The van der Waals surface area contributed by atoms with Crippen LogP contribution < -0.4 is 16.0 Å². The van der Waals surface area contributed by atoms with Crippen molar-refractivity contribution in [1.82, 2.24) is 16.0 Å². The third-order valence-corrected chi connectivity index (χ3v) is 6.91. The van der Waals surface area contributed by atoms with Gasteiger partial charge in [-0.25, -0.2) is 9.59 Å². The van der Waals surface area contributed by atoms with Crippen LogP contribution in [0.1, 0.15) is 45.7 Å². The second kappa shape index (κ2) is 15.2. The molecule has 2 aromatic rings. The van der Waals surface area contributed by atoms with Crippen molar-refractivity contribution in [3.05, 3.63) is 94.3 Å². The minimum absolute atomic E-state index is 0.247. The molecule has 0 radical (unpaired) electrons. The zero-order valence-corrected chi connectivity index (χ0v) is 23.9. The minimum Gasteiger partial charge on any atom is -0.461 e. The lowest BCUT2D eigenvalue weighted by Gasteiger charge is -2.28. The average Bonchev–Trinajstić information content (AvgIpc) is 2.90. The Hall–Kier alpha value is -3.42. The van der Waals surface area contributed by atoms with E-state index in [0.717, 1.165) is 12.8 Å². The first-order valence-corrected chi connectivity index (χ1v) is 13.8. The lowest BCUT2D eigenvalue weighted by molar-refractivity contribution is -0.140. The van der Waals surface area contributed by atoms with E-state index in [1.807, 2.05) is 57.2 Å². The maximum Gasteiger partial charge on any atom is 0.336 e. The summed E-state index contributed by atoms with van der Waals surface area (Å²) < 4.78 is 11.2. The van der Waals surface area contributed by atoms with Crippen LogP contribution in [-0.2, 0) is 31.9 Å². The zero-order chi connectivity index (χ0) is 28.2. The molecule has 0 spiro atoms. The van der Waals surface area contributed by atoms with Crippen LogP contribution in [0.25, 0.3) is 0 Å². The summed E-state index contributed by atoms with van der Waals surface area (Å²) in [5.74, 6) is -1.26. The number of nitrogens with one attached hydrogen (secondary N) is 3. The highest BCUT2D eigenvalue weighted by molar-refractivity contribution is 5.97. The molecule has 210 valence electrons. The first-order valence-electron chi connectivity index (χ1n) is 13.8. The first-order chi connectivity index (χ1) is 18.8. The van der Waals surface area contributed by atoms with Gasteiger partial charge in [0.05, 0.1) is 11.1 Å².